The van der Waals surface area contributed by atoms with Gasteiger partial charge in [0.25, 0.3) is 0 Å². The third-order valence-electron chi connectivity index (χ3n) is 2.09. The standard InChI is InChI=1S/C10H9ClN4O/c11-7-5-6(10(13)16)1-2-8(7)15-4-3-9(12)14-15/h1-5H,(H2,12,14)(H2,13,16). The highest BCUT2D eigenvalue weighted by Gasteiger charge is 2.07. The molecule has 0 saturated heterocycles. The second-order valence-corrected chi connectivity index (χ2v) is 3.62. The monoisotopic (exact) mass is 236 g/mol. The Morgan fingerprint density at radius 3 is 2.62 bits per heavy atom. The van der Waals surface area contributed by atoms with Crippen LogP contribution in [-0.2, 0) is 0 Å². The zero-order valence-corrected chi connectivity index (χ0v) is 8.98. The highest BCUT2D eigenvalue weighted by molar-refractivity contribution is 6.32. The van der Waals surface area contributed by atoms with Crippen molar-refractivity contribution < 1.29 is 4.79 Å². The van der Waals surface area contributed by atoms with Crippen LogP contribution >= 0.6 is 11.6 Å². The number of primary amides is 1. The predicted octanol–water partition coefficient (Wildman–Crippen LogP) is 1.21. The Balaban J connectivity index is 2.47. The van der Waals surface area contributed by atoms with Crippen LogP contribution in [0.1, 0.15) is 10.4 Å². The molecule has 2 rings (SSSR count). The van der Waals surface area contributed by atoms with E-state index in [1.54, 1.807) is 24.4 Å². The fraction of sp³-hybridized carbons (Fsp3) is 0. The van der Waals surface area contributed by atoms with E-state index in [2.05, 4.69) is 5.10 Å². The summed E-state index contributed by atoms with van der Waals surface area (Å²) in [5.41, 5.74) is 11.6. The summed E-state index contributed by atoms with van der Waals surface area (Å²) < 4.78 is 1.53. The minimum atomic E-state index is -0.520. The van der Waals surface area contributed by atoms with E-state index in [4.69, 9.17) is 23.1 Å². The normalized spacial score (nSPS) is 10.3. The molecule has 0 unspecified atom stereocenters. The van der Waals surface area contributed by atoms with Gasteiger partial charge in [-0.1, -0.05) is 11.6 Å². The summed E-state index contributed by atoms with van der Waals surface area (Å²) >= 11 is 6.01. The van der Waals surface area contributed by atoms with E-state index < -0.39 is 5.91 Å². The van der Waals surface area contributed by atoms with Gasteiger partial charge >= 0.3 is 0 Å². The number of carbonyl (C=O) groups excluding carboxylic acids is 1. The molecule has 0 aliphatic heterocycles. The van der Waals surface area contributed by atoms with Crippen LogP contribution in [-0.4, -0.2) is 15.7 Å². The van der Waals surface area contributed by atoms with Crippen molar-refractivity contribution in [1.29, 1.82) is 0 Å². The third-order valence-corrected chi connectivity index (χ3v) is 2.39. The zero-order valence-electron chi connectivity index (χ0n) is 8.22. The number of anilines is 1. The first-order valence-electron chi connectivity index (χ1n) is 4.49. The van der Waals surface area contributed by atoms with E-state index in [1.807, 2.05) is 0 Å². The Morgan fingerprint density at radius 1 is 1.38 bits per heavy atom. The van der Waals surface area contributed by atoms with Crippen molar-refractivity contribution in [3.63, 3.8) is 0 Å². The molecule has 4 N–H and O–H groups in total. The summed E-state index contributed by atoms with van der Waals surface area (Å²) in [7, 11) is 0. The van der Waals surface area contributed by atoms with Gasteiger partial charge in [0.15, 0.2) is 0 Å². The summed E-state index contributed by atoms with van der Waals surface area (Å²) in [5, 5.41) is 4.40. The number of hydrogen-bond donors (Lipinski definition) is 2. The number of carbonyl (C=O) groups is 1. The molecule has 16 heavy (non-hydrogen) atoms. The number of aromatic nitrogens is 2. The van der Waals surface area contributed by atoms with Crippen molar-refractivity contribution >= 4 is 23.3 Å². The van der Waals surface area contributed by atoms with Crippen molar-refractivity contribution in [3.05, 3.63) is 41.0 Å². The van der Waals surface area contributed by atoms with Crippen LogP contribution in [0.3, 0.4) is 0 Å². The van der Waals surface area contributed by atoms with Gasteiger partial charge in [-0.05, 0) is 18.2 Å². The molecule has 0 saturated carbocycles. The average Bonchev–Trinajstić information content (AvgIpc) is 2.64. The van der Waals surface area contributed by atoms with Gasteiger partial charge in [-0.15, -0.1) is 0 Å². The third kappa shape index (κ3) is 1.85. The quantitative estimate of drug-likeness (QED) is 0.822. The lowest BCUT2D eigenvalue weighted by Crippen LogP contribution is -2.11. The van der Waals surface area contributed by atoms with Gasteiger partial charge in [-0.3, -0.25) is 4.79 Å². The van der Waals surface area contributed by atoms with Crippen molar-refractivity contribution in [2.45, 2.75) is 0 Å². The van der Waals surface area contributed by atoms with E-state index in [0.717, 1.165) is 0 Å². The highest BCUT2D eigenvalue weighted by atomic mass is 35.5. The van der Waals surface area contributed by atoms with Gasteiger partial charge in [-0.2, -0.15) is 5.10 Å². The fourth-order valence-corrected chi connectivity index (χ4v) is 1.59. The van der Waals surface area contributed by atoms with E-state index in [-0.39, 0.29) is 0 Å². The fourth-order valence-electron chi connectivity index (χ4n) is 1.32. The molecule has 0 aliphatic rings. The molecule has 2 aromatic rings. The second kappa shape index (κ2) is 3.86. The van der Waals surface area contributed by atoms with Gasteiger partial charge in [-0.25, -0.2) is 4.68 Å². The molecular weight excluding hydrogens is 228 g/mol. The van der Waals surface area contributed by atoms with Gasteiger partial charge in [0, 0.05) is 17.8 Å². The number of nitrogens with zero attached hydrogens (tertiary/aromatic N) is 2. The van der Waals surface area contributed by atoms with E-state index in [9.17, 15) is 4.79 Å². The topological polar surface area (TPSA) is 86.9 Å². The summed E-state index contributed by atoms with van der Waals surface area (Å²) in [4.78, 5) is 10.9. The lowest BCUT2D eigenvalue weighted by Gasteiger charge is -2.05. The number of nitrogens with two attached hydrogens (primary N) is 2. The summed E-state index contributed by atoms with van der Waals surface area (Å²) in [5.74, 6) is -0.122. The molecular formula is C10H9ClN4O. The molecule has 5 nitrogen and oxygen atoms in total. The maximum absolute atomic E-state index is 10.9. The minimum absolute atomic E-state index is 0.355. The van der Waals surface area contributed by atoms with E-state index in [1.165, 1.54) is 10.7 Å². The zero-order chi connectivity index (χ0) is 11.7. The lowest BCUT2D eigenvalue weighted by atomic mass is 10.2. The predicted molar refractivity (Wildman–Crippen MR) is 61.5 cm³/mol. The molecule has 1 aromatic heterocycles. The first-order valence-corrected chi connectivity index (χ1v) is 4.86. The SMILES string of the molecule is NC(=O)c1ccc(-n2ccc(N)n2)c(Cl)c1. The van der Waals surface area contributed by atoms with Crippen LogP contribution in [0.15, 0.2) is 30.5 Å². The van der Waals surface area contributed by atoms with Crippen LogP contribution in [0.2, 0.25) is 5.02 Å². The number of amides is 1. The minimum Gasteiger partial charge on any atom is -0.382 e. The maximum atomic E-state index is 10.9. The number of nitrogen functional groups attached to an aromatic ring is 1. The molecule has 1 heterocycles. The van der Waals surface area contributed by atoms with Crippen LogP contribution in [0.25, 0.3) is 5.69 Å². The van der Waals surface area contributed by atoms with Gasteiger partial charge < -0.3 is 11.5 Å². The molecule has 0 fully saturated rings. The smallest absolute Gasteiger partial charge is 0.248 e. The molecule has 6 heteroatoms. The van der Waals surface area contributed by atoms with Crippen LogP contribution in [0.4, 0.5) is 5.82 Å². The lowest BCUT2D eigenvalue weighted by molar-refractivity contribution is 0.100. The number of benzene rings is 1. The molecule has 0 bridgehead atoms. The summed E-state index contributed by atoms with van der Waals surface area (Å²) in [6, 6.07) is 6.39. The molecule has 82 valence electrons. The van der Waals surface area contributed by atoms with Crippen LogP contribution in [0.5, 0.6) is 0 Å². The Hall–Kier alpha value is -2.01. The largest absolute Gasteiger partial charge is 0.382 e. The molecule has 1 aromatic carbocycles. The van der Waals surface area contributed by atoms with Gasteiger partial charge in [0.1, 0.15) is 5.82 Å². The Bertz CT molecular complexity index is 550. The summed E-state index contributed by atoms with van der Waals surface area (Å²) in [6.45, 7) is 0. The van der Waals surface area contributed by atoms with Gasteiger partial charge in [0.2, 0.25) is 5.91 Å². The van der Waals surface area contributed by atoms with Crippen molar-refractivity contribution in [2.24, 2.45) is 5.73 Å². The van der Waals surface area contributed by atoms with Crippen LogP contribution in [0, 0.1) is 0 Å². The van der Waals surface area contributed by atoms with Gasteiger partial charge in [0.05, 0.1) is 10.7 Å². The Labute approximate surface area is 96.6 Å². The highest BCUT2D eigenvalue weighted by Crippen LogP contribution is 2.21. The first-order chi connectivity index (χ1) is 7.58. The molecule has 0 atom stereocenters. The van der Waals surface area contributed by atoms with Crippen LogP contribution < -0.4 is 11.5 Å². The maximum Gasteiger partial charge on any atom is 0.248 e. The van der Waals surface area contributed by atoms with Crippen molar-refractivity contribution in [2.75, 3.05) is 5.73 Å². The van der Waals surface area contributed by atoms with Crippen molar-refractivity contribution in [3.8, 4) is 5.69 Å². The first kappa shape index (κ1) is 10.5. The molecule has 1 amide bonds. The number of halogens is 1. The Kier molecular flexibility index (Phi) is 2.54. The summed E-state index contributed by atoms with van der Waals surface area (Å²) in [6.07, 6.45) is 1.68. The van der Waals surface area contributed by atoms with Crippen molar-refractivity contribution in [1.82, 2.24) is 9.78 Å². The Morgan fingerprint density at radius 2 is 2.12 bits per heavy atom. The molecule has 0 aliphatic carbocycles. The number of rotatable bonds is 2. The van der Waals surface area contributed by atoms with E-state index in [0.29, 0.717) is 22.1 Å². The molecule has 0 spiro atoms. The number of hydrogen-bond acceptors (Lipinski definition) is 3. The molecule has 0 radical (unpaired) electrons. The van der Waals surface area contributed by atoms with E-state index >= 15 is 0 Å². The second-order valence-electron chi connectivity index (χ2n) is 3.22. The average molecular weight is 237 g/mol.